The first-order valence-electron chi connectivity index (χ1n) is 8.83. The lowest BCUT2D eigenvalue weighted by Crippen LogP contribution is -2.29. The summed E-state index contributed by atoms with van der Waals surface area (Å²) in [6.45, 7) is 1.71. The van der Waals surface area contributed by atoms with Crippen LogP contribution in [-0.4, -0.2) is 16.4 Å². The number of rotatable bonds is 6. The third-order valence-corrected chi connectivity index (χ3v) is 5.82. The van der Waals surface area contributed by atoms with Gasteiger partial charge in [0.1, 0.15) is 6.61 Å². The number of carbonyl (C=O) groups is 1. The maximum atomic E-state index is 12.7. The molecule has 3 aromatic carbocycles. The van der Waals surface area contributed by atoms with E-state index in [0.717, 1.165) is 16.7 Å². The van der Waals surface area contributed by atoms with E-state index in [1.807, 2.05) is 72.8 Å². The zero-order chi connectivity index (χ0) is 20.1. The van der Waals surface area contributed by atoms with Crippen molar-refractivity contribution < 1.29 is 13.7 Å². The molecule has 0 aromatic heterocycles. The second-order valence-corrected chi connectivity index (χ2v) is 8.70. The fraction of sp³-hybridized carbons (Fsp3) is 0.174. The van der Waals surface area contributed by atoms with Crippen molar-refractivity contribution in [3.05, 3.63) is 90.0 Å². The Hall–Kier alpha value is -2.43. The van der Waals surface area contributed by atoms with Gasteiger partial charge in [-0.1, -0.05) is 72.8 Å². The molecule has 3 rings (SSSR count). The molecule has 0 saturated carbocycles. The van der Waals surface area contributed by atoms with Crippen molar-refractivity contribution in [2.75, 3.05) is 6.26 Å². The molecule has 0 amide bonds. The van der Waals surface area contributed by atoms with Crippen molar-refractivity contribution in [1.82, 2.24) is 0 Å². The molecule has 3 aromatic rings. The molecule has 5 heteroatoms. The molecule has 0 fully saturated rings. The van der Waals surface area contributed by atoms with Gasteiger partial charge in [-0.05, 0) is 29.7 Å². The first-order valence-corrected chi connectivity index (χ1v) is 10.8. The molecule has 0 spiro atoms. The maximum Gasteiger partial charge on any atom is 0.331 e. The van der Waals surface area contributed by atoms with Crippen LogP contribution in [0.3, 0.4) is 0 Å². The van der Waals surface area contributed by atoms with Gasteiger partial charge in [0.2, 0.25) is 0 Å². The fourth-order valence-corrected chi connectivity index (χ4v) is 4.08. The lowest BCUT2D eigenvalue weighted by atomic mass is 9.96. The van der Waals surface area contributed by atoms with Crippen LogP contribution in [0.5, 0.6) is 0 Å². The Morgan fingerprint density at radius 2 is 1.57 bits per heavy atom. The highest BCUT2D eigenvalue weighted by atomic mass is 35.5. The zero-order valence-electron chi connectivity index (χ0n) is 15.7. The Morgan fingerprint density at radius 3 is 2.18 bits per heavy atom. The van der Waals surface area contributed by atoms with Gasteiger partial charge in [0.25, 0.3) is 0 Å². The first kappa shape index (κ1) is 20.3. The van der Waals surface area contributed by atoms with E-state index >= 15 is 0 Å². The Morgan fingerprint density at radius 1 is 0.964 bits per heavy atom. The van der Waals surface area contributed by atoms with Crippen LogP contribution in [0.1, 0.15) is 18.1 Å². The summed E-state index contributed by atoms with van der Waals surface area (Å²) in [6.07, 6.45) is 1.58. The van der Waals surface area contributed by atoms with E-state index in [-0.39, 0.29) is 6.61 Å². The van der Waals surface area contributed by atoms with E-state index in [9.17, 15) is 9.00 Å². The van der Waals surface area contributed by atoms with E-state index in [0.29, 0.717) is 10.5 Å². The standard InChI is InChI=1S/C23H21ClO3S/c1-23(24,22(25)27-16-17-9-5-3-6-10-17)20-14-13-19(15-21(20)28(2)26)18-11-7-4-8-12-18/h3-15H,16H2,1-2H3. The van der Waals surface area contributed by atoms with Crippen molar-refractivity contribution in [2.45, 2.75) is 23.3 Å². The normalized spacial score (nSPS) is 14.1. The summed E-state index contributed by atoms with van der Waals surface area (Å²) in [5.41, 5.74) is 3.29. The summed E-state index contributed by atoms with van der Waals surface area (Å²) < 4.78 is 17.8. The summed E-state index contributed by atoms with van der Waals surface area (Å²) in [5, 5.41) is 0. The topological polar surface area (TPSA) is 43.4 Å². The van der Waals surface area contributed by atoms with E-state index in [2.05, 4.69) is 0 Å². The van der Waals surface area contributed by atoms with Gasteiger partial charge in [0.05, 0.1) is 10.8 Å². The summed E-state index contributed by atoms with van der Waals surface area (Å²) in [5.74, 6) is -0.572. The van der Waals surface area contributed by atoms with Crippen LogP contribution in [0.15, 0.2) is 83.8 Å². The predicted octanol–water partition coefficient (Wildman–Crippen LogP) is 5.29. The molecule has 2 unspecified atom stereocenters. The van der Waals surface area contributed by atoms with Gasteiger partial charge in [-0.3, -0.25) is 4.21 Å². The van der Waals surface area contributed by atoms with Gasteiger partial charge in [0, 0.05) is 16.7 Å². The van der Waals surface area contributed by atoms with E-state index < -0.39 is 21.6 Å². The minimum Gasteiger partial charge on any atom is -0.459 e. The van der Waals surface area contributed by atoms with Crippen molar-refractivity contribution in [1.29, 1.82) is 0 Å². The highest BCUT2D eigenvalue weighted by Gasteiger charge is 2.37. The Labute approximate surface area is 172 Å². The van der Waals surface area contributed by atoms with E-state index in [1.165, 1.54) is 0 Å². The average molecular weight is 413 g/mol. The molecule has 0 aliphatic carbocycles. The molecule has 0 aliphatic rings. The molecule has 144 valence electrons. The number of ether oxygens (including phenoxy) is 1. The van der Waals surface area contributed by atoms with Gasteiger partial charge in [0.15, 0.2) is 4.87 Å². The number of hydrogen-bond donors (Lipinski definition) is 0. The lowest BCUT2D eigenvalue weighted by molar-refractivity contribution is -0.148. The number of alkyl halides is 1. The SMILES string of the molecule is CS(=O)c1cc(-c2ccccc2)ccc1C(C)(Cl)C(=O)OCc1ccccc1. The molecule has 2 atom stereocenters. The Kier molecular flexibility index (Phi) is 6.32. The van der Waals surface area contributed by atoms with Crippen LogP contribution >= 0.6 is 11.6 Å². The molecular formula is C23H21ClO3S. The van der Waals surface area contributed by atoms with Crippen LogP contribution in [0, 0.1) is 0 Å². The van der Waals surface area contributed by atoms with Crippen molar-refractivity contribution in [3.63, 3.8) is 0 Å². The van der Waals surface area contributed by atoms with Crippen molar-refractivity contribution in [3.8, 4) is 11.1 Å². The van der Waals surface area contributed by atoms with Crippen molar-refractivity contribution in [2.24, 2.45) is 0 Å². The monoisotopic (exact) mass is 412 g/mol. The number of esters is 1. The van der Waals surface area contributed by atoms with Crippen LogP contribution in [0.25, 0.3) is 11.1 Å². The summed E-state index contributed by atoms with van der Waals surface area (Å²) >= 11 is 6.62. The summed E-state index contributed by atoms with van der Waals surface area (Å²) in [7, 11) is -1.32. The third-order valence-electron chi connectivity index (χ3n) is 4.50. The molecular weight excluding hydrogens is 392 g/mol. The second-order valence-electron chi connectivity index (χ2n) is 6.60. The highest BCUT2D eigenvalue weighted by Crippen LogP contribution is 2.36. The molecule has 0 N–H and O–H groups in total. The van der Waals surface area contributed by atoms with Crippen molar-refractivity contribution >= 4 is 28.4 Å². The number of hydrogen-bond acceptors (Lipinski definition) is 3. The molecule has 0 bridgehead atoms. The summed E-state index contributed by atoms with van der Waals surface area (Å²) in [4.78, 5) is 11.8. The minimum absolute atomic E-state index is 0.134. The van der Waals surface area contributed by atoms with Gasteiger partial charge in [-0.25, -0.2) is 4.79 Å². The molecule has 0 aliphatic heterocycles. The smallest absolute Gasteiger partial charge is 0.331 e. The number of halogens is 1. The number of benzene rings is 3. The lowest BCUT2D eigenvalue weighted by Gasteiger charge is -2.23. The van der Waals surface area contributed by atoms with E-state index in [1.54, 1.807) is 19.2 Å². The Bertz CT molecular complexity index is 985. The van der Waals surface area contributed by atoms with Crippen LogP contribution in [-0.2, 0) is 31.8 Å². The molecule has 0 heterocycles. The minimum atomic E-state index is -1.44. The van der Waals surface area contributed by atoms with Gasteiger partial charge in [-0.15, -0.1) is 11.6 Å². The largest absolute Gasteiger partial charge is 0.459 e. The highest BCUT2D eigenvalue weighted by molar-refractivity contribution is 7.84. The molecule has 28 heavy (non-hydrogen) atoms. The fourth-order valence-electron chi connectivity index (χ4n) is 2.93. The first-order chi connectivity index (χ1) is 13.4. The van der Waals surface area contributed by atoms with E-state index in [4.69, 9.17) is 16.3 Å². The number of carbonyl (C=O) groups excluding carboxylic acids is 1. The maximum absolute atomic E-state index is 12.7. The predicted molar refractivity (Wildman–Crippen MR) is 114 cm³/mol. The Balaban J connectivity index is 1.89. The summed E-state index contributed by atoms with van der Waals surface area (Å²) in [6, 6.07) is 24.7. The van der Waals surface area contributed by atoms with Crippen LogP contribution in [0.4, 0.5) is 0 Å². The quantitative estimate of drug-likeness (QED) is 0.408. The second kappa shape index (κ2) is 8.72. The van der Waals surface area contributed by atoms with Gasteiger partial charge < -0.3 is 4.74 Å². The van der Waals surface area contributed by atoms with Gasteiger partial charge >= 0.3 is 5.97 Å². The third kappa shape index (κ3) is 4.51. The zero-order valence-corrected chi connectivity index (χ0v) is 17.3. The average Bonchev–Trinajstić information content (AvgIpc) is 2.72. The van der Waals surface area contributed by atoms with Crippen LogP contribution < -0.4 is 0 Å². The molecule has 0 saturated heterocycles. The molecule has 0 radical (unpaired) electrons. The molecule has 3 nitrogen and oxygen atoms in total. The van der Waals surface area contributed by atoms with Gasteiger partial charge in [-0.2, -0.15) is 0 Å². The van der Waals surface area contributed by atoms with Crippen LogP contribution in [0.2, 0.25) is 0 Å².